The molecule has 1 aromatic carbocycles. The lowest BCUT2D eigenvalue weighted by atomic mass is 9.43. The molecule has 0 radical (unpaired) electrons. The molecule has 12 heteroatoms. The molecular weight excluding hydrogens is 525 g/mol. The van der Waals surface area contributed by atoms with E-state index in [9.17, 15) is 9.59 Å². The minimum absolute atomic E-state index is 0.0147. The fraction of sp³-hybridized carbons (Fsp3) is 0.621. The Morgan fingerprint density at radius 3 is 2.68 bits per heavy atom. The van der Waals surface area contributed by atoms with Gasteiger partial charge in [-0.15, -0.1) is 5.10 Å². The fourth-order valence-corrected chi connectivity index (χ4v) is 6.83. The molecule has 41 heavy (non-hydrogen) atoms. The van der Waals surface area contributed by atoms with E-state index in [1.165, 1.54) is 18.1 Å². The molecule has 3 aliphatic carbocycles. The summed E-state index contributed by atoms with van der Waals surface area (Å²) in [5.74, 6) is -0.154. The van der Waals surface area contributed by atoms with Gasteiger partial charge in [-0.3, -0.25) is 4.79 Å². The third kappa shape index (κ3) is 5.45. The summed E-state index contributed by atoms with van der Waals surface area (Å²) in [6.07, 6.45) is 3.55. The number of nitrogens with zero attached hydrogens (tertiary/aromatic N) is 4. The summed E-state index contributed by atoms with van der Waals surface area (Å²) in [6.45, 7) is 12.0. The monoisotopic (exact) mass is 563 g/mol. The first-order chi connectivity index (χ1) is 19.2. The molecule has 1 N–H and O–H groups in total. The van der Waals surface area contributed by atoms with Crippen molar-refractivity contribution in [2.45, 2.75) is 90.6 Å². The molecule has 1 amide bonds. The number of rotatable bonds is 8. The average Bonchev–Trinajstić information content (AvgIpc) is 3.50. The lowest BCUT2D eigenvalue weighted by Gasteiger charge is -2.64. The van der Waals surface area contributed by atoms with Gasteiger partial charge in [0.05, 0.1) is 24.8 Å². The molecule has 218 valence electrons. The van der Waals surface area contributed by atoms with Crippen LogP contribution < -0.4 is 10.1 Å². The average molecular weight is 563 g/mol. The van der Waals surface area contributed by atoms with E-state index in [-0.39, 0.29) is 36.2 Å². The summed E-state index contributed by atoms with van der Waals surface area (Å²) in [6, 6.07) is 7.14. The first kappa shape index (κ1) is 29.1. The van der Waals surface area contributed by atoms with E-state index in [1.54, 1.807) is 12.1 Å². The molecule has 1 saturated heterocycles. The Morgan fingerprint density at radius 2 is 2.05 bits per heavy atom. The number of esters is 1. The second-order valence-electron chi connectivity index (χ2n) is 13.1. The number of hydrogen-bond donors (Lipinski definition) is 1. The number of carbonyl (C=O) groups is 2. The topological polar surface area (TPSA) is 138 Å². The van der Waals surface area contributed by atoms with Crippen LogP contribution in [0.3, 0.4) is 0 Å². The van der Waals surface area contributed by atoms with Crippen LogP contribution in [-0.4, -0.2) is 64.1 Å². The fourth-order valence-electron chi connectivity index (χ4n) is 6.83. The third-order valence-corrected chi connectivity index (χ3v) is 8.95. The Hall–Kier alpha value is -3.43. The van der Waals surface area contributed by atoms with Crippen LogP contribution in [0.2, 0.25) is 0 Å². The third-order valence-electron chi connectivity index (χ3n) is 8.95. The Balaban J connectivity index is 1.42. The molecule has 11 nitrogen and oxygen atoms in total. The second-order valence-corrected chi connectivity index (χ2v) is 13.1. The van der Waals surface area contributed by atoms with Gasteiger partial charge in [-0.1, -0.05) is 26.0 Å². The maximum absolute atomic E-state index is 13.2. The quantitative estimate of drug-likeness (QED) is 0.379. The summed E-state index contributed by atoms with van der Waals surface area (Å²) in [7, 11) is 0.787. The van der Waals surface area contributed by atoms with Gasteiger partial charge in [0.25, 0.3) is 5.82 Å². The van der Waals surface area contributed by atoms with Crippen molar-refractivity contribution < 1.29 is 28.4 Å². The maximum atomic E-state index is 13.2. The summed E-state index contributed by atoms with van der Waals surface area (Å²) >= 11 is 0. The van der Waals surface area contributed by atoms with Crippen molar-refractivity contribution in [3.05, 3.63) is 41.5 Å². The molecule has 0 unspecified atom stereocenters. The lowest BCUT2D eigenvalue weighted by Crippen LogP contribution is -2.65. The smallest absolute Gasteiger partial charge is 0.482 e. The molecule has 4 fully saturated rings. The molecule has 5 atom stereocenters. The molecule has 3 saturated carbocycles. The molecule has 0 spiro atoms. The number of nitriles is 1. The normalized spacial score (nSPS) is 26.8. The summed E-state index contributed by atoms with van der Waals surface area (Å²) in [5.41, 5.74) is 0.0204. The number of ether oxygens (including phenoxy) is 2. The number of amides is 1. The molecular formula is C29H38BN5O6. The number of hydrogen-bond acceptors (Lipinski definition) is 9. The van der Waals surface area contributed by atoms with Gasteiger partial charge in [0.15, 0.2) is 0 Å². The highest BCUT2D eigenvalue weighted by molar-refractivity contribution is 6.48. The van der Waals surface area contributed by atoms with Crippen LogP contribution in [0.1, 0.15) is 76.1 Å². The van der Waals surface area contributed by atoms with Crippen LogP contribution in [0.15, 0.2) is 24.5 Å². The molecule has 1 aliphatic heterocycles. The van der Waals surface area contributed by atoms with Gasteiger partial charge in [0.1, 0.15) is 35.9 Å². The van der Waals surface area contributed by atoms with Crippen molar-refractivity contribution in [2.24, 2.45) is 17.3 Å². The number of aromatic nitrogens is 3. The predicted octanol–water partition coefficient (Wildman–Crippen LogP) is 3.11. The minimum Gasteiger partial charge on any atom is -0.496 e. The highest BCUT2D eigenvalue weighted by Gasteiger charge is 2.68. The van der Waals surface area contributed by atoms with Gasteiger partial charge in [-0.05, 0) is 75.8 Å². The number of benzene rings is 1. The van der Waals surface area contributed by atoms with E-state index in [1.807, 2.05) is 32.9 Å². The minimum atomic E-state index is -0.718. The van der Waals surface area contributed by atoms with Crippen LogP contribution >= 0.6 is 0 Å². The Morgan fingerprint density at radius 1 is 1.29 bits per heavy atom. The lowest BCUT2D eigenvalue weighted by molar-refractivity contribution is -0.199. The summed E-state index contributed by atoms with van der Waals surface area (Å²) < 4.78 is 25.9. The standard InChI is InChI=1S/C29H38BN5O6/c1-27(2,3)39-26(37)19-10-8-9-17(25(19)38-7)11-22(33-24(36)15-35-16-32-23(14-31)34-35)30-40-21-13-18-12-20(28(18,4)5)29(21,6)41-30/h8-10,16,18,20-22H,11-13,15H2,1-7H3,(H,33,36)/t18-,20-,21+,22-,29-/m0/s1. The first-order valence-corrected chi connectivity index (χ1v) is 14.1. The molecule has 2 aromatic rings. The highest BCUT2D eigenvalue weighted by atomic mass is 16.7. The SMILES string of the molecule is COc1c(C[C@H](NC(=O)Cn2cnc(C#N)n2)B2O[C@@H]3C[C@@H]4C[C@@H](C4(C)C)[C@]3(C)O2)cccc1C(=O)OC(C)(C)C. The Bertz CT molecular complexity index is 1380. The van der Waals surface area contributed by atoms with Gasteiger partial charge in [0.2, 0.25) is 5.91 Å². The van der Waals surface area contributed by atoms with E-state index in [4.69, 9.17) is 24.0 Å². The van der Waals surface area contributed by atoms with Gasteiger partial charge in [0, 0.05) is 0 Å². The second kappa shape index (κ2) is 10.4. The van der Waals surface area contributed by atoms with Crippen molar-refractivity contribution in [2.75, 3.05) is 7.11 Å². The number of methoxy groups -OCH3 is 1. The number of para-hydroxylation sites is 1. The highest BCUT2D eigenvalue weighted by Crippen LogP contribution is 2.65. The van der Waals surface area contributed by atoms with Crippen LogP contribution in [-0.2, 0) is 31.8 Å². The Labute approximate surface area is 241 Å². The largest absolute Gasteiger partial charge is 0.496 e. The molecule has 2 bridgehead atoms. The van der Waals surface area contributed by atoms with Crippen molar-refractivity contribution in [1.82, 2.24) is 20.1 Å². The van der Waals surface area contributed by atoms with Crippen molar-refractivity contribution in [1.29, 1.82) is 5.26 Å². The summed E-state index contributed by atoms with van der Waals surface area (Å²) in [5, 5.41) is 16.1. The van der Waals surface area contributed by atoms with Crippen molar-refractivity contribution in [3.63, 3.8) is 0 Å². The van der Waals surface area contributed by atoms with Crippen LogP contribution in [0.5, 0.6) is 5.75 Å². The van der Waals surface area contributed by atoms with E-state index in [2.05, 4.69) is 36.2 Å². The zero-order valence-corrected chi connectivity index (χ0v) is 24.8. The van der Waals surface area contributed by atoms with Crippen molar-refractivity contribution in [3.8, 4) is 11.8 Å². The molecule has 1 aromatic heterocycles. The van der Waals surface area contributed by atoms with Crippen LogP contribution in [0.4, 0.5) is 0 Å². The van der Waals surface area contributed by atoms with Crippen LogP contribution in [0, 0.1) is 28.6 Å². The summed E-state index contributed by atoms with van der Waals surface area (Å²) in [4.78, 5) is 30.1. The van der Waals surface area contributed by atoms with Gasteiger partial charge in [-0.25, -0.2) is 14.5 Å². The first-order valence-electron chi connectivity index (χ1n) is 14.1. The number of carbonyl (C=O) groups excluding carboxylic acids is 2. The molecule has 2 heterocycles. The zero-order chi connectivity index (χ0) is 29.7. The van der Waals surface area contributed by atoms with Gasteiger partial charge < -0.3 is 24.1 Å². The molecule has 4 aliphatic rings. The molecule has 6 rings (SSSR count). The van der Waals surface area contributed by atoms with E-state index >= 15 is 0 Å². The van der Waals surface area contributed by atoms with E-state index < -0.39 is 30.2 Å². The van der Waals surface area contributed by atoms with E-state index in [0.29, 0.717) is 28.7 Å². The van der Waals surface area contributed by atoms with Crippen molar-refractivity contribution >= 4 is 19.0 Å². The maximum Gasteiger partial charge on any atom is 0.482 e. The van der Waals surface area contributed by atoms with Gasteiger partial charge in [-0.2, -0.15) is 5.26 Å². The zero-order valence-electron chi connectivity index (χ0n) is 24.8. The van der Waals surface area contributed by atoms with Crippen LogP contribution in [0.25, 0.3) is 0 Å². The predicted molar refractivity (Wildman–Crippen MR) is 149 cm³/mol. The number of nitrogens with one attached hydrogen (secondary N) is 1. The van der Waals surface area contributed by atoms with E-state index in [0.717, 1.165) is 12.8 Å². The van der Waals surface area contributed by atoms with Gasteiger partial charge >= 0.3 is 13.1 Å². The Kier molecular flexibility index (Phi) is 7.41.